The molecule has 3 rings (SSSR count). The van der Waals surface area contributed by atoms with Crippen LogP contribution in [0.5, 0.6) is 0 Å². The maximum absolute atomic E-state index is 12.6. The van der Waals surface area contributed by atoms with Crippen LogP contribution in [-0.2, 0) is 20.7 Å². The summed E-state index contributed by atoms with van der Waals surface area (Å²) in [4.78, 5) is 25.1. The van der Waals surface area contributed by atoms with E-state index < -0.39 is 23.6 Å². The fraction of sp³-hybridized carbons (Fsp3) is 0.238. The molecule has 2 unspecified atom stereocenters. The van der Waals surface area contributed by atoms with Crippen LogP contribution in [0, 0.1) is 0 Å². The summed E-state index contributed by atoms with van der Waals surface area (Å²) in [6.07, 6.45) is -0.146. The number of aliphatic hydroxyl groups excluding tert-OH is 1. The minimum absolute atomic E-state index is 0.0583. The number of esters is 1. The second kappa shape index (κ2) is 7.34. The molecule has 0 radical (unpaired) electrons. The van der Waals surface area contributed by atoms with Gasteiger partial charge in [-0.3, -0.25) is 4.79 Å². The molecule has 1 N–H and O–H groups in total. The summed E-state index contributed by atoms with van der Waals surface area (Å²) in [7, 11) is 0. The Bertz CT molecular complexity index is 793. The van der Waals surface area contributed by atoms with Crippen molar-refractivity contribution in [3.8, 4) is 0 Å². The van der Waals surface area contributed by atoms with E-state index in [2.05, 4.69) is 0 Å². The second-order valence-corrected chi connectivity index (χ2v) is 6.08. The van der Waals surface area contributed by atoms with Crippen LogP contribution < -0.4 is 0 Å². The number of rotatable bonds is 5. The molecule has 0 amide bonds. The number of hydrogen-bond donors (Lipinski definition) is 1. The molecule has 1 aliphatic rings. The van der Waals surface area contributed by atoms with Crippen LogP contribution >= 0.6 is 0 Å². The van der Waals surface area contributed by atoms with Crippen LogP contribution in [0.25, 0.3) is 0 Å². The number of Topliss-reactive ketones (excluding diaryl/α,β-unsaturated/α-hetero) is 1. The predicted octanol–water partition coefficient (Wildman–Crippen LogP) is 3.73. The number of ether oxygens (including phenoxy) is 1. The Morgan fingerprint density at radius 3 is 2.20 bits per heavy atom. The third kappa shape index (κ3) is 3.48. The van der Waals surface area contributed by atoms with E-state index >= 15 is 0 Å². The Morgan fingerprint density at radius 1 is 1.00 bits per heavy atom. The lowest BCUT2D eigenvalue weighted by Crippen LogP contribution is -2.38. The van der Waals surface area contributed by atoms with Crippen molar-refractivity contribution >= 4 is 11.8 Å². The van der Waals surface area contributed by atoms with Gasteiger partial charge in [0, 0.05) is 12.3 Å². The molecule has 0 aliphatic carbocycles. The molecular formula is C21H20O4. The summed E-state index contributed by atoms with van der Waals surface area (Å²) in [5.74, 6) is -1.98. The molecule has 0 fully saturated rings. The van der Waals surface area contributed by atoms with Crippen molar-refractivity contribution in [2.75, 3.05) is 0 Å². The maximum Gasteiger partial charge on any atom is 0.339 e. The summed E-state index contributed by atoms with van der Waals surface area (Å²) in [6, 6.07) is 18.7. The lowest BCUT2D eigenvalue weighted by atomic mass is 9.85. The third-order valence-corrected chi connectivity index (χ3v) is 4.47. The standard InChI is InChI=1S/C21H20O4/c1-2-16(15-11-7-4-8-12-15)18-20(23)19(22)17(25-21(18)24)13-14-9-5-3-6-10-14/h3-12,16-17,23H,2,13H2,1H3. The summed E-state index contributed by atoms with van der Waals surface area (Å²) < 4.78 is 5.38. The highest BCUT2D eigenvalue weighted by Crippen LogP contribution is 2.34. The number of ketones is 1. The SMILES string of the molecule is CCC(C1=C(O)C(=O)C(Cc2ccccc2)OC1=O)c1ccccc1. The van der Waals surface area contributed by atoms with Crippen molar-refractivity contribution in [2.45, 2.75) is 31.8 Å². The van der Waals surface area contributed by atoms with Gasteiger partial charge in [-0.25, -0.2) is 4.79 Å². The fourth-order valence-electron chi connectivity index (χ4n) is 3.19. The summed E-state index contributed by atoms with van der Waals surface area (Å²) >= 11 is 0. The van der Waals surface area contributed by atoms with Crippen molar-refractivity contribution in [1.82, 2.24) is 0 Å². The fourth-order valence-corrected chi connectivity index (χ4v) is 3.19. The molecule has 0 aromatic heterocycles. The largest absolute Gasteiger partial charge is 0.504 e. The van der Waals surface area contributed by atoms with Gasteiger partial charge in [-0.05, 0) is 17.5 Å². The summed E-state index contributed by atoms with van der Waals surface area (Å²) in [5, 5.41) is 10.4. The van der Waals surface area contributed by atoms with E-state index in [0.29, 0.717) is 6.42 Å². The highest BCUT2D eigenvalue weighted by atomic mass is 16.6. The van der Waals surface area contributed by atoms with Crippen LogP contribution in [0.2, 0.25) is 0 Å². The van der Waals surface area contributed by atoms with Crippen molar-refractivity contribution in [3.63, 3.8) is 0 Å². The molecule has 128 valence electrons. The summed E-state index contributed by atoms with van der Waals surface area (Å²) in [6.45, 7) is 1.91. The van der Waals surface area contributed by atoms with Gasteiger partial charge in [0.25, 0.3) is 0 Å². The average Bonchev–Trinajstić information content (AvgIpc) is 2.64. The quantitative estimate of drug-likeness (QED) is 0.845. The van der Waals surface area contributed by atoms with Gasteiger partial charge in [-0.1, -0.05) is 67.6 Å². The number of cyclic esters (lactones) is 1. The summed E-state index contributed by atoms with van der Waals surface area (Å²) in [5.41, 5.74) is 1.81. The van der Waals surface area contributed by atoms with Crippen LogP contribution in [0.1, 0.15) is 30.4 Å². The molecule has 4 heteroatoms. The van der Waals surface area contributed by atoms with E-state index in [1.165, 1.54) is 0 Å². The van der Waals surface area contributed by atoms with E-state index in [1.54, 1.807) is 0 Å². The predicted molar refractivity (Wildman–Crippen MR) is 94.2 cm³/mol. The Labute approximate surface area is 146 Å². The normalized spacial score (nSPS) is 18.8. The van der Waals surface area contributed by atoms with Gasteiger partial charge < -0.3 is 9.84 Å². The molecular weight excluding hydrogens is 316 g/mol. The molecule has 1 heterocycles. The molecule has 0 bridgehead atoms. The minimum Gasteiger partial charge on any atom is -0.504 e. The van der Waals surface area contributed by atoms with Crippen LogP contribution in [0.15, 0.2) is 72.0 Å². The molecule has 4 nitrogen and oxygen atoms in total. The first-order valence-corrected chi connectivity index (χ1v) is 8.39. The molecule has 2 aromatic carbocycles. The molecule has 2 atom stereocenters. The minimum atomic E-state index is -0.980. The molecule has 2 aromatic rings. The number of carbonyl (C=O) groups excluding carboxylic acids is 2. The van der Waals surface area contributed by atoms with Crippen molar-refractivity contribution in [3.05, 3.63) is 83.1 Å². The zero-order valence-corrected chi connectivity index (χ0v) is 14.0. The second-order valence-electron chi connectivity index (χ2n) is 6.08. The van der Waals surface area contributed by atoms with Gasteiger partial charge in [0.2, 0.25) is 5.78 Å². The van der Waals surface area contributed by atoms with E-state index in [0.717, 1.165) is 11.1 Å². The molecule has 0 saturated heterocycles. The third-order valence-electron chi connectivity index (χ3n) is 4.47. The lowest BCUT2D eigenvalue weighted by molar-refractivity contribution is -0.154. The van der Waals surface area contributed by atoms with E-state index in [-0.39, 0.29) is 17.9 Å². The van der Waals surface area contributed by atoms with E-state index in [1.807, 2.05) is 67.6 Å². The Morgan fingerprint density at radius 2 is 1.60 bits per heavy atom. The zero-order valence-electron chi connectivity index (χ0n) is 14.0. The Kier molecular flexibility index (Phi) is 4.98. The Balaban J connectivity index is 1.90. The highest BCUT2D eigenvalue weighted by Gasteiger charge is 2.39. The van der Waals surface area contributed by atoms with Gasteiger partial charge in [0.05, 0.1) is 5.57 Å². The number of aliphatic hydroxyl groups is 1. The topological polar surface area (TPSA) is 63.6 Å². The first-order valence-electron chi connectivity index (χ1n) is 8.39. The van der Waals surface area contributed by atoms with Gasteiger partial charge in [-0.2, -0.15) is 0 Å². The first kappa shape index (κ1) is 17.0. The highest BCUT2D eigenvalue weighted by molar-refractivity contribution is 6.09. The monoisotopic (exact) mass is 336 g/mol. The number of benzene rings is 2. The van der Waals surface area contributed by atoms with Crippen LogP contribution in [0.4, 0.5) is 0 Å². The molecule has 25 heavy (non-hydrogen) atoms. The zero-order chi connectivity index (χ0) is 17.8. The van der Waals surface area contributed by atoms with Gasteiger partial charge in [0.15, 0.2) is 11.9 Å². The van der Waals surface area contributed by atoms with Crippen LogP contribution in [-0.4, -0.2) is 23.0 Å². The van der Waals surface area contributed by atoms with Gasteiger partial charge in [0.1, 0.15) is 0 Å². The number of hydrogen-bond acceptors (Lipinski definition) is 4. The Hall–Kier alpha value is -2.88. The molecule has 1 aliphatic heterocycles. The lowest BCUT2D eigenvalue weighted by Gasteiger charge is -2.27. The van der Waals surface area contributed by atoms with Gasteiger partial charge >= 0.3 is 5.97 Å². The van der Waals surface area contributed by atoms with Gasteiger partial charge in [-0.15, -0.1) is 0 Å². The van der Waals surface area contributed by atoms with Crippen molar-refractivity contribution < 1.29 is 19.4 Å². The molecule has 0 spiro atoms. The van der Waals surface area contributed by atoms with Crippen molar-refractivity contribution in [2.24, 2.45) is 0 Å². The van der Waals surface area contributed by atoms with Crippen LogP contribution in [0.3, 0.4) is 0 Å². The smallest absolute Gasteiger partial charge is 0.339 e. The molecule has 0 saturated carbocycles. The number of carbonyl (C=O) groups is 2. The first-order chi connectivity index (χ1) is 12.1. The average molecular weight is 336 g/mol. The van der Waals surface area contributed by atoms with E-state index in [4.69, 9.17) is 4.74 Å². The van der Waals surface area contributed by atoms with Crippen molar-refractivity contribution in [1.29, 1.82) is 0 Å². The maximum atomic E-state index is 12.6. The van der Waals surface area contributed by atoms with E-state index in [9.17, 15) is 14.7 Å².